The van der Waals surface area contributed by atoms with Crippen LogP contribution in [0, 0.1) is 0 Å². The first-order valence-electron chi connectivity index (χ1n) is 4.25. The summed E-state index contributed by atoms with van der Waals surface area (Å²) in [6.07, 6.45) is 10.6. The van der Waals surface area contributed by atoms with E-state index in [9.17, 15) is 0 Å². The molecule has 0 aromatic rings. The molecule has 0 heterocycles. The highest BCUT2D eigenvalue weighted by atomic mass is 16.5. The highest BCUT2D eigenvalue weighted by molar-refractivity contribution is 5.28. The Labute approximate surface area is 79.4 Å². The van der Waals surface area contributed by atoms with Gasteiger partial charge >= 0.3 is 0 Å². The highest BCUT2D eigenvalue weighted by Gasteiger charge is 1.98. The number of rotatable bonds is 3. The zero-order valence-corrected chi connectivity index (χ0v) is 7.92. The standard InChI is InChI=1S/C12H14O/c1-4-11(3)13-12-8-6-5-7-10(2)9-12/h4-6,8-9H,1,3,7H2,2H3. The second-order valence-electron chi connectivity index (χ2n) is 2.96. The Morgan fingerprint density at radius 2 is 2.38 bits per heavy atom. The van der Waals surface area contributed by atoms with E-state index >= 15 is 0 Å². The molecule has 0 spiro atoms. The van der Waals surface area contributed by atoms with Crippen LogP contribution in [-0.2, 0) is 4.74 Å². The van der Waals surface area contributed by atoms with Gasteiger partial charge in [0.15, 0.2) is 0 Å². The van der Waals surface area contributed by atoms with Gasteiger partial charge in [0.05, 0.1) is 0 Å². The molecule has 1 heteroatoms. The summed E-state index contributed by atoms with van der Waals surface area (Å²) in [6, 6.07) is 0. The van der Waals surface area contributed by atoms with Crippen LogP contribution >= 0.6 is 0 Å². The Kier molecular flexibility index (Phi) is 3.32. The fourth-order valence-corrected chi connectivity index (χ4v) is 1.02. The molecular weight excluding hydrogens is 160 g/mol. The summed E-state index contributed by atoms with van der Waals surface area (Å²) in [7, 11) is 0. The van der Waals surface area contributed by atoms with Gasteiger partial charge in [0, 0.05) is 0 Å². The summed E-state index contributed by atoms with van der Waals surface area (Å²) in [6.45, 7) is 9.34. The predicted molar refractivity (Wildman–Crippen MR) is 56.0 cm³/mol. The third-order valence-corrected chi connectivity index (χ3v) is 1.70. The third-order valence-electron chi connectivity index (χ3n) is 1.70. The lowest BCUT2D eigenvalue weighted by molar-refractivity contribution is 0.338. The van der Waals surface area contributed by atoms with Gasteiger partial charge in [0.2, 0.25) is 0 Å². The summed E-state index contributed by atoms with van der Waals surface area (Å²) in [5, 5.41) is 0. The Morgan fingerprint density at radius 1 is 1.62 bits per heavy atom. The molecule has 0 fully saturated rings. The molecule has 0 aliphatic heterocycles. The van der Waals surface area contributed by atoms with Crippen molar-refractivity contribution in [3.05, 3.63) is 60.6 Å². The van der Waals surface area contributed by atoms with Crippen molar-refractivity contribution in [3.63, 3.8) is 0 Å². The zero-order chi connectivity index (χ0) is 9.68. The molecule has 0 unspecified atom stereocenters. The van der Waals surface area contributed by atoms with E-state index in [1.165, 1.54) is 5.57 Å². The fourth-order valence-electron chi connectivity index (χ4n) is 1.02. The van der Waals surface area contributed by atoms with Crippen LogP contribution in [0.25, 0.3) is 0 Å². The first-order chi connectivity index (χ1) is 6.22. The number of allylic oxidation sites excluding steroid dienone is 6. The third kappa shape index (κ3) is 3.16. The van der Waals surface area contributed by atoms with Crippen LogP contribution in [0.15, 0.2) is 60.6 Å². The topological polar surface area (TPSA) is 9.23 Å². The van der Waals surface area contributed by atoms with E-state index in [-0.39, 0.29) is 0 Å². The van der Waals surface area contributed by atoms with Gasteiger partial charge in [-0.05, 0) is 31.6 Å². The highest BCUT2D eigenvalue weighted by Crippen LogP contribution is 2.15. The second kappa shape index (κ2) is 4.51. The van der Waals surface area contributed by atoms with Crippen LogP contribution in [0.3, 0.4) is 0 Å². The maximum Gasteiger partial charge on any atom is 0.127 e. The van der Waals surface area contributed by atoms with Gasteiger partial charge in [-0.3, -0.25) is 0 Å². The van der Waals surface area contributed by atoms with Crippen molar-refractivity contribution in [3.8, 4) is 0 Å². The summed E-state index contributed by atoms with van der Waals surface area (Å²) in [5.74, 6) is 1.39. The lowest BCUT2D eigenvalue weighted by Crippen LogP contribution is -1.86. The maximum atomic E-state index is 5.41. The molecule has 1 rings (SSSR count). The summed E-state index contributed by atoms with van der Waals surface area (Å²) < 4.78 is 5.41. The summed E-state index contributed by atoms with van der Waals surface area (Å²) >= 11 is 0. The van der Waals surface area contributed by atoms with E-state index in [0.717, 1.165) is 12.2 Å². The zero-order valence-electron chi connectivity index (χ0n) is 7.92. The van der Waals surface area contributed by atoms with Crippen molar-refractivity contribution in [2.75, 3.05) is 0 Å². The Balaban J connectivity index is 2.73. The average Bonchev–Trinajstić information content (AvgIpc) is 2.30. The Morgan fingerprint density at radius 3 is 3.08 bits per heavy atom. The molecule has 1 aliphatic rings. The number of hydrogen-bond donors (Lipinski definition) is 0. The number of ether oxygens (including phenoxy) is 1. The van der Waals surface area contributed by atoms with Gasteiger partial charge in [0.1, 0.15) is 11.5 Å². The molecule has 0 saturated heterocycles. The molecule has 0 N–H and O–H groups in total. The van der Waals surface area contributed by atoms with Gasteiger partial charge in [-0.15, -0.1) is 0 Å². The molecule has 68 valence electrons. The van der Waals surface area contributed by atoms with Crippen molar-refractivity contribution < 1.29 is 4.74 Å². The monoisotopic (exact) mass is 174 g/mol. The Bertz CT molecular complexity index is 303. The van der Waals surface area contributed by atoms with Gasteiger partial charge in [0.25, 0.3) is 0 Å². The maximum absolute atomic E-state index is 5.41. The molecule has 0 bridgehead atoms. The van der Waals surface area contributed by atoms with Crippen LogP contribution in [0.2, 0.25) is 0 Å². The van der Waals surface area contributed by atoms with Crippen molar-refractivity contribution in [1.82, 2.24) is 0 Å². The number of hydrogen-bond acceptors (Lipinski definition) is 1. The van der Waals surface area contributed by atoms with E-state index in [4.69, 9.17) is 4.74 Å². The quantitative estimate of drug-likeness (QED) is 0.470. The van der Waals surface area contributed by atoms with Gasteiger partial charge < -0.3 is 4.74 Å². The van der Waals surface area contributed by atoms with E-state index in [1.807, 2.05) is 18.2 Å². The minimum absolute atomic E-state index is 0.575. The first kappa shape index (κ1) is 9.59. The minimum Gasteiger partial charge on any atom is -0.458 e. The molecule has 1 aliphatic carbocycles. The van der Waals surface area contributed by atoms with Gasteiger partial charge in [-0.25, -0.2) is 0 Å². The molecule has 1 nitrogen and oxygen atoms in total. The lowest BCUT2D eigenvalue weighted by Gasteiger charge is -2.05. The SMILES string of the molecule is C=CC(=C)OC1=CC=CCC(C)=C1. The molecule has 0 aromatic carbocycles. The van der Waals surface area contributed by atoms with Crippen LogP contribution in [0.5, 0.6) is 0 Å². The largest absolute Gasteiger partial charge is 0.458 e. The smallest absolute Gasteiger partial charge is 0.127 e. The van der Waals surface area contributed by atoms with Crippen molar-refractivity contribution in [2.24, 2.45) is 0 Å². The molecular formula is C12H14O. The molecule has 0 aromatic heterocycles. The Hall–Kier alpha value is -1.50. The molecule has 0 atom stereocenters. The van der Waals surface area contributed by atoms with Gasteiger partial charge in [-0.1, -0.05) is 30.9 Å². The van der Waals surface area contributed by atoms with E-state index in [2.05, 4.69) is 26.2 Å². The predicted octanol–water partition coefficient (Wildman–Crippen LogP) is 3.49. The van der Waals surface area contributed by atoms with E-state index < -0.39 is 0 Å². The van der Waals surface area contributed by atoms with E-state index in [0.29, 0.717) is 5.76 Å². The molecule has 13 heavy (non-hydrogen) atoms. The lowest BCUT2D eigenvalue weighted by atomic mass is 10.2. The molecule has 0 radical (unpaired) electrons. The normalized spacial score (nSPS) is 15.5. The second-order valence-corrected chi connectivity index (χ2v) is 2.96. The van der Waals surface area contributed by atoms with Crippen molar-refractivity contribution >= 4 is 0 Å². The van der Waals surface area contributed by atoms with Crippen molar-refractivity contribution in [2.45, 2.75) is 13.3 Å². The summed E-state index contributed by atoms with van der Waals surface area (Å²) in [4.78, 5) is 0. The fraction of sp³-hybridized carbons (Fsp3) is 0.167. The van der Waals surface area contributed by atoms with Crippen LogP contribution < -0.4 is 0 Å². The minimum atomic E-state index is 0.575. The molecule has 0 amide bonds. The van der Waals surface area contributed by atoms with Crippen LogP contribution in [0.1, 0.15) is 13.3 Å². The van der Waals surface area contributed by atoms with E-state index in [1.54, 1.807) is 6.08 Å². The first-order valence-corrected chi connectivity index (χ1v) is 4.25. The average molecular weight is 174 g/mol. The summed E-state index contributed by atoms with van der Waals surface area (Å²) in [5.41, 5.74) is 1.27. The van der Waals surface area contributed by atoms with Gasteiger partial charge in [-0.2, -0.15) is 0 Å². The molecule has 0 saturated carbocycles. The van der Waals surface area contributed by atoms with Crippen molar-refractivity contribution in [1.29, 1.82) is 0 Å². The van der Waals surface area contributed by atoms with Crippen LogP contribution in [0.4, 0.5) is 0 Å². The van der Waals surface area contributed by atoms with Crippen LogP contribution in [-0.4, -0.2) is 0 Å².